The highest BCUT2D eigenvalue weighted by Gasteiger charge is 2.01. The lowest BCUT2D eigenvalue weighted by Crippen LogP contribution is -2.24. The molecule has 0 aromatic carbocycles. The predicted molar refractivity (Wildman–Crippen MR) is 112 cm³/mol. The van der Waals surface area contributed by atoms with Gasteiger partial charge < -0.3 is 4.90 Å². The summed E-state index contributed by atoms with van der Waals surface area (Å²) in [6.45, 7) is 6.48. The SMILES string of the molecule is CCCCCCCCCCCN(C=O)CCCCCCCCCCC. The zero-order valence-corrected chi connectivity index (χ0v) is 17.6. The van der Waals surface area contributed by atoms with Crippen LogP contribution in [0.3, 0.4) is 0 Å². The fraction of sp³-hybridized carbons (Fsp3) is 0.957. The van der Waals surface area contributed by atoms with E-state index in [-0.39, 0.29) is 0 Å². The van der Waals surface area contributed by atoms with E-state index in [9.17, 15) is 4.79 Å². The van der Waals surface area contributed by atoms with Crippen molar-refractivity contribution in [1.29, 1.82) is 0 Å². The summed E-state index contributed by atoms with van der Waals surface area (Å²) in [5, 5.41) is 0. The summed E-state index contributed by atoms with van der Waals surface area (Å²) >= 11 is 0. The molecule has 0 aliphatic carbocycles. The van der Waals surface area contributed by atoms with Crippen LogP contribution in [0.2, 0.25) is 0 Å². The van der Waals surface area contributed by atoms with Gasteiger partial charge in [0.05, 0.1) is 0 Å². The Labute approximate surface area is 159 Å². The highest BCUT2D eigenvalue weighted by atomic mass is 16.1. The van der Waals surface area contributed by atoms with Crippen LogP contribution in [0.1, 0.15) is 129 Å². The van der Waals surface area contributed by atoms with Crippen LogP contribution in [0.5, 0.6) is 0 Å². The standard InChI is InChI=1S/C23H47NO/c1-3-5-7-9-11-13-15-17-19-21-24(23-25)22-20-18-16-14-12-10-8-6-4-2/h23H,3-22H2,1-2H3. The molecule has 0 unspecified atom stereocenters. The number of carbonyl (C=O) groups is 1. The van der Waals surface area contributed by atoms with Gasteiger partial charge in [0, 0.05) is 13.1 Å². The smallest absolute Gasteiger partial charge is 0.209 e. The molecule has 0 atom stereocenters. The van der Waals surface area contributed by atoms with Crippen LogP contribution in [0.4, 0.5) is 0 Å². The van der Waals surface area contributed by atoms with Crippen LogP contribution in [0, 0.1) is 0 Å². The van der Waals surface area contributed by atoms with Gasteiger partial charge in [-0.1, -0.05) is 117 Å². The van der Waals surface area contributed by atoms with Crippen molar-refractivity contribution in [2.45, 2.75) is 129 Å². The minimum Gasteiger partial charge on any atom is -0.345 e. The Morgan fingerprint density at radius 3 is 1.04 bits per heavy atom. The normalized spacial score (nSPS) is 11.0. The molecule has 0 radical (unpaired) electrons. The van der Waals surface area contributed by atoms with Crippen LogP contribution in [0.15, 0.2) is 0 Å². The number of carbonyl (C=O) groups excluding carboxylic acids is 1. The molecule has 2 heteroatoms. The average molecular weight is 354 g/mol. The van der Waals surface area contributed by atoms with E-state index >= 15 is 0 Å². The molecule has 150 valence electrons. The van der Waals surface area contributed by atoms with Crippen molar-refractivity contribution in [3.05, 3.63) is 0 Å². The van der Waals surface area contributed by atoms with E-state index in [1.54, 1.807) is 0 Å². The molecule has 0 saturated heterocycles. The quantitative estimate of drug-likeness (QED) is 0.154. The number of amides is 1. The fourth-order valence-electron chi connectivity index (χ4n) is 3.47. The monoisotopic (exact) mass is 353 g/mol. The third kappa shape index (κ3) is 19.6. The lowest BCUT2D eigenvalue weighted by molar-refractivity contribution is -0.118. The molecule has 25 heavy (non-hydrogen) atoms. The van der Waals surface area contributed by atoms with Gasteiger partial charge in [0.1, 0.15) is 0 Å². The maximum absolute atomic E-state index is 11.2. The average Bonchev–Trinajstić information content (AvgIpc) is 2.63. The maximum atomic E-state index is 11.2. The van der Waals surface area contributed by atoms with E-state index in [0.29, 0.717) is 0 Å². The van der Waals surface area contributed by atoms with Crippen LogP contribution in [-0.4, -0.2) is 24.4 Å². The summed E-state index contributed by atoms with van der Waals surface area (Å²) in [6, 6.07) is 0. The molecule has 0 aliphatic heterocycles. The Kier molecular flexibility index (Phi) is 21.1. The van der Waals surface area contributed by atoms with Crippen molar-refractivity contribution in [3.63, 3.8) is 0 Å². The van der Waals surface area contributed by atoms with Crippen LogP contribution >= 0.6 is 0 Å². The highest BCUT2D eigenvalue weighted by molar-refractivity contribution is 5.46. The van der Waals surface area contributed by atoms with E-state index in [4.69, 9.17) is 0 Å². The summed E-state index contributed by atoms with van der Waals surface area (Å²) < 4.78 is 0. The van der Waals surface area contributed by atoms with Gasteiger partial charge in [0.25, 0.3) is 0 Å². The molecule has 0 spiro atoms. The molecular formula is C23H47NO. The summed E-state index contributed by atoms with van der Waals surface area (Å²) in [4.78, 5) is 13.2. The molecule has 0 rings (SSSR count). The zero-order chi connectivity index (χ0) is 18.4. The van der Waals surface area contributed by atoms with Crippen molar-refractivity contribution < 1.29 is 4.79 Å². The van der Waals surface area contributed by atoms with E-state index in [2.05, 4.69) is 13.8 Å². The number of hydrogen-bond donors (Lipinski definition) is 0. The third-order valence-corrected chi connectivity index (χ3v) is 5.25. The van der Waals surface area contributed by atoms with Gasteiger partial charge >= 0.3 is 0 Å². The fourth-order valence-corrected chi connectivity index (χ4v) is 3.47. The first-order chi connectivity index (χ1) is 12.3. The molecule has 0 saturated carbocycles. The van der Waals surface area contributed by atoms with Gasteiger partial charge in [-0.25, -0.2) is 0 Å². The first-order valence-corrected chi connectivity index (χ1v) is 11.5. The second-order valence-corrected chi connectivity index (χ2v) is 7.80. The Bertz CT molecular complexity index is 232. The van der Waals surface area contributed by atoms with Gasteiger partial charge in [-0.3, -0.25) is 4.79 Å². The van der Waals surface area contributed by atoms with E-state index in [0.717, 1.165) is 19.5 Å². The molecule has 0 fully saturated rings. The summed E-state index contributed by atoms with van der Waals surface area (Å²) in [6.07, 6.45) is 25.4. The van der Waals surface area contributed by atoms with Crippen LogP contribution in [-0.2, 0) is 4.79 Å². The van der Waals surface area contributed by atoms with Gasteiger partial charge in [-0.05, 0) is 12.8 Å². The highest BCUT2D eigenvalue weighted by Crippen LogP contribution is 2.11. The van der Waals surface area contributed by atoms with E-state index in [1.807, 2.05) is 4.90 Å². The van der Waals surface area contributed by atoms with Gasteiger partial charge in [0.15, 0.2) is 0 Å². The minimum absolute atomic E-state index is 0.969. The number of rotatable bonds is 21. The Morgan fingerprint density at radius 1 is 0.480 bits per heavy atom. The minimum atomic E-state index is 0.969. The Morgan fingerprint density at radius 2 is 0.760 bits per heavy atom. The predicted octanol–water partition coefficient (Wildman–Crippen LogP) is 7.51. The van der Waals surface area contributed by atoms with Crippen molar-refractivity contribution in [2.24, 2.45) is 0 Å². The van der Waals surface area contributed by atoms with Crippen molar-refractivity contribution in [1.82, 2.24) is 4.90 Å². The molecule has 0 aromatic heterocycles. The van der Waals surface area contributed by atoms with Crippen LogP contribution < -0.4 is 0 Å². The summed E-state index contributed by atoms with van der Waals surface area (Å²) in [5.41, 5.74) is 0. The first-order valence-electron chi connectivity index (χ1n) is 11.5. The van der Waals surface area contributed by atoms with E-state index < -0.39 is 0 Å². The molecule has 0 bridgehead atoms. The van der Waals surface area contributed by atoms with Gasteiger partial charge in [-0.2, -0.15) is 0 Å². The molecule has 0 heterocycles. The summed E-state index contributed by atoms with van der Waals surface area (Å²) in [5.74, 6) is 0. The second kappa shape index (κ2) is 21.5. The molecular weight excluding hydrogens is 306 g/mol. The van der Waals surface area contributed by atoms with Crippen molar-refractivity contribution in [3.8, 4) is 0 Å². The molecule has 0 aromatic rings. The second-order valence-electron chi connectivity index (χ2n) is 7.80. The molecule has 1 amide bonds. The van der Waals surface area contributed by atoms with Crippen molar-refractivity contribution in [2.75, 3.05) is 13.1 Å². The van der Waals surface area contributed by atoms with Crippen LogP contribution in [0.25, 0.3) is 0 Å². The molecule has 2 nitrogen and oxygen atoms in total. The van der Waals surface area contributed by atoms with E-state index in [1.165, 1.54) is 116 Å². The summed E-state index contributed by atoms with van der Waals surface area (Å²) in [7, 11) is 0. The molecule has 0 aliphatic rings. The lowest BCUT2D eigenvalue weighted by atomic mass is 10.1. The zero-order valence-electron chi connectivity index (χ0n) is 17.6. The lowest BCUT2D eigenvalue weighted by Gasteiger charge is -2.17. The Balaban J connectivity index is 3.30. The third-order valence-electron chi connectivity index (χ3n) is 5.25. The van der Waals surface area contributed by atoms with Gasteiger partial charge in [-0.15, -0.1) is 0 Å². The van der Waals surface area contributed by atoms with Crippen molar-refractivity contribution >= 4 is 6.41 Å². The largest absolute Gasteiger partial charge is 0.345 e. The number of hydrogen-bond acceptors (Lipinski definition) is 1. The first kappa shape index (κ1) is 24.5. The maximum Gasteiger partial charge on any atom is 0.209 e. The molecule has 0 N–H and O–H groups in total. The number of nitrogens with zero attached hydrogens (tertiary/aromatic N) is 1. The topological polar surface area (TPSA) is 20.3 Å². The number of unbranched alkanes of at least 4 members (excludes halogenated alkanes) is 16. The Hall–Kier alpha value is -0.530. The van der Waals surface area contributed by atoms with Gasteiger partial charge in [0.2, 0.25) is 6.41 Å².